The van der Waals surface area contributed by atoms with E-state index in [1.54, 1.807) is 6.20 Å². The van der Waals surface area contributed by atoms with Gasteiger partial charge in [-0.25, -0.2) is 0 Å². The highest BCUT2D eigenvalue weighted by atomic mass is 15.3. The third-order valence-electron chi connectivity index (χ3n) is 4.04. The lowest BCUT2D eigenvalue weighted by Crippen LogP contribution is -2.20. The van der Waals surface area contributed by atoms with Gasteiger partial charge in [0.15, 0.2) is 5.82 Å². The number of aromatic nitrogens is 3. The molecule has 22 heavy (non-hydrogen) atoms. The van der Waals surface area contributed by atoms with Crippen molar-refractivity contribution in [3.63, 3.8) is 0 Å². The molecule has 0 spiro atoms. The summed E-state index contributed by atoms with van der Waals surface area (Å²) in [7, 11) is 0. The van der Waals surface area contributed by atoms with E-state index >= 15 is 0 Å². The van der Waals surface area contributed by atoms with Crippen LogP contribution in [0.25, 0.3) is 0 Å². The van der Waals surface area contributed by atoms with Crippen LogP contribution in [0.2, 0.25) is 0 Å². The predicted molar refractivity (Wildman–Crippen MR) is 89.4 cm³/mol. The Hall–Kier alpha value is -2.17. The second kappa shape index (κ2) is 7.20. The van der Waals surface area contributed by atoms with Crippen LogP contribution in [-0.4, -0.2) is 21.2 Å². The Bertz CT molecular complexity index is 606. The molecule has 1 heterocycles. The molecule has 2 aromatic rings. The fourth-order valence-corrected chi connectivity index (χ4v) is 2.90. The minimum atomic E-state index is 0.471. The van der Waals surface area contributed by atoms with Gasteiger partial charge in [-0.3, -0.25) is 0 Å². The van der Waals surface area contributed by atoms with Crippen molar-refractivity contribution >= 4 is 17.5 Å². The molecule has 1 aromatic carbocycles. The number of benzene rings is 1. The molecule has 1 fully saturated rings. The molecule has 0 bridgehead atoms. The molecular formula is C17H23N5. The molecule has 1 aliphatic rings. The van der Waals surface area contributed by atoms with E-state index in [4.69, 9.17) is 0 Å². The summed E-state index contributed by atoms with van der Waals surface area (Å²) < 4.78 is 0. The Balaban J connectivity index is 1.66. The Labute approximate surface area is 131 Å². The van der Waals surface area contributed by atoms with E-state index < -0.39 is 0 Å². The van der Waals surface area contributed by atoms with Gasteiger partial charge in [-0.1, -0.05) is 37.8 Å². The van der Waals surface area contributed by atoms with Gasteiger partial charge >= 0.3 is 0 Å². The molecule has 1 saturated carbocycles. The van der Waals surface area contributed by atoms with Crippen LogP contribution in [0.1, 0.15) is 44.1 Å². The second-order valence-corrected chi connectivity index (χ2v) is 5.99. The van der Waals surface area contributed by atoms with Crippen molar-refractivity contribution in [1.82, 2.24) is 15.2 Å². The summed E-state index contributed by atoms with van der Waals surface area (Å²) in [6, 6.07) is 8.67. The number of anilines is 3. The lowest BCUT2D eigenvalue weighted by molar-refractivity contribution is 0.613. The summed E-state index contributed by atoms with van der Waals surface area (Å²) in [5.41, 5.74) is 2.23. The Morgan fingerprint density at radius 3 is 2.68 bits per heavy atom. The molecule has 0 saturated heterocycles. The Morgan fingerprint density at radius 2 is 1.91 bits per heavy atom. The molecule has 0 amide bonds. The molecule has 0 unspecified atom stereocenters. The van der Waals surface area contributed by atoms with Crippen molar-refractivity contribution in [2.45, 2.75) is 51.5 Å². The number of hydrogen-bond acceptors (Lipinski definition) is 5. The van der Waals surface area contributed by atoms with Crippen LogP contribution in [0.5, 0.6) is 0 Å². The monoisotopic (exact) mass is 297 g/mol. The van der Waals surface area contributed by atoms with Crippen molar-refractivity contribution < 1.29 is 0 Å². The third-order valence-corrected chi connectivity index (χ3v) is 4.04. The van der Waals surface area contributed by atoms with Gasteiger partial charge in [0.2, 0.25) is 5.95 Å². The normalized spacial score (nSPS) is 16.0. The van der Waals surface area contributed by atoms with Gasteiger partial charge in [-0.15, -0.1) is 5.10 Å². The smallest absolute Gasteiger partial charge is 0.244 e. The first kappa shape index (κ1) is 14.8. The maximum absolute atomic E-state index is 4.53. The maximum Gasteiger partial charge on any atom is 0.244 e. The third kappa shape index (κ3) is 4.16. The van der Waals surface area contributed by atoms with Gasteiger partial charge in [0.05, 0.1) is 6.20 Å². The predicted octanol–water partition coefficient (Wildman–Crippen LogP) is 4.06. The van der Waals surface area contributed by atoms with Gasteiger partial charge in [-0.2, -0.15) is 10.1 Å². The van der Waals surface area contributed by atoms with Crippen molar-refractivity contribution in [3.8, 4) is 0 Å². The molecule has 116 valence electrons. The number of aryl methyl sites for hydroxylation is 1. The van der Waals surface area contributed by atoms with Gasteiger partial charge < -0.3 is 10.6 Å². The van der Waals surface area contributed by atoms with Crippen LogP contribution in [-0.2, 0) is 0 Å². The van der Waals surface area contributed by atoms with Crippen LogP contribution in [0.4, 0.5) is 17.5 Å². The lowest BCUT2D eigenvalue weighted by atomic mass is 10.1. The molecule has 5 heteroatoms. The second-order valence-electron chi connectivity index (χ2n) is 5.99. The molecule has 2 N–H and O–H groups in total. The number of nitrogens with one attached hydrogen (secondary N) is 2. The number of rotatable bonds is 4. The zero-order chi connectivity index (χ0) is 15.2. The van der Waals surface area contributed by atoms with Gasteiger partial charge in [0.25, 0.3) is 0 Å². The number of hydrogen-bond donors (Lipinski definition) is 2. The van der Waals surface area contributed by atoms with E-state index in [1.807, 2.05) is 12.1 Å². The van der Waals surface area contributed by atoms with Crippen LogP contribution >= 0.6 is 0 Å². The SMILES string of the molecule is Cc1cccc(Nc2cnnc(NC3CCCCCC3)n2)c1. The minimum absolute atomic E-state index is 0.471. The molecule has 0 atom stereocenters. The Morgan fingerprint density at radius 1 is 1.09 bits per heavy atom. The first-order valence-electron chi connectivity index (χ1n) is 8.09. The minimum Gasteiger partial charge on any atom is -0.350 e. The lowest BCUT2D eigenvalue weighted by Gasteiger charge is -2.16. The van der Waals surface area contributed by atoms with E-state index in [1.165, 1.54) is 44.1 Å². The maximum atomic E-state index is 4.53. The van der Waals surface area contributed by atoms with Crippen LogP contribution in [0.15, 0.2) is 30.5 Å². The zero-order valence-electron chi connectivity index (χ0n) is 13.0. The summed E-state index contributed by atoms with van der Waals surface area (Å²) >= 11 is 0. The summed E-state index contributed by atoms with van der Waals surface area (Å²) in [5, 5.41) is 14.9. The highest BCUT2D eigenvalue weighted by Crippen LogP contribution is 2.20. The highest BCUT2D eigenvalue weighted by Gasteiger charge is 2.13. The molecule has 5 nitrogen and oxygen atoms in total. The first-order valence-corrected chi connectivity index (χ1v) is 8.09. The van der Waals surface area contributed by atoms with Crippen LogP contribution < -0.4 is 10.6 Å². The average Bonchev–Trinajstić information content (AvgIpc) is 2.76. The number of nitrogens with zero attached hydrogens (tertiary/aromatic N) is 3. The van der Waals surface area contributed by atoms with E-state index in [0.29, 0.717) is 12.0 Å². The zero-order valence-corrected chi connectivity index (χ0v) is 13.0. The molecule has 1 aliphatic carbocycles. The van der Waals surface area contributed by atoms with E-state index in [-0.39, 0.29) is 0 Å². The van der Waals surface area contributed by atoms with Crippen molar-refractivity contribution in [3.05, 3.63) is 36.0 Å². The fraction of sp³-hybridized carbons (Fsp3) is 0.471. The van der Waals surface area contributed by atoms with E-state index in [2.05, 4.69) is 44.9 Å². The van der Waals surface area contributed by atoms with Gasteiger partial charge in [0.1, 0.15) is 0 Å². The fourth-order valence-electron chi connectivity index (χ4n) is 2.90. The van der Waals surface area contributed by atoms with E-state index in [9.17, 15) is 0 Å². The quantitative estimate of drug-likeness (QED) is 0.833. The average molecular weight is 297 g/mol. The van der Waals surface area contributed by atoms with Gasteiger partial charge in [0, 0.05) is 11.7 Å². The van der Waals surface area contributed by atoms with E-state index in [0.717, 1.165) is 11.5 Å². The van der Waals surface area contributed by atoms with Crippen LogP contribution in [0, 0.1) is 6.92 Å². The molecule has 0 radical (unpaired) electrons. The summed E-state index contributed by atoms with van der Waals surface area (Å²) in [5.74, 6) is 1.33. The summed E-state index contributed by atoms with van der Waals surface area (Å²) in [6.07, 6.45) is 9.29. The summed E-state index contributed by atoms with van der Waals surface area (Å²) in [4.78, 5) is 4.53. The first-order chi connectivity index (χ1) is 10.8. The van der Waals surface area contributed by atoms with Gasteiger partial charge in [-0.05, 0) is 37.5 Å². The largest absolute Gasteiger partial charge is 0.350 e. The molecular weight excluding hydrogens is 274 g/mol. The van der Waals surface area contributed by atoms with Crippen molar-refractivity contribution in [2.75, 3.05) is 10.6 Å². The molecule has 0 aliphatic heterocycles. The Kier molecular flexibility index (Phi) is 4.83. The topological polar surface area (TPSA) is 62.7 Å². The highest BCUT2D eigenvalue weighted by molar-refractivity contribution is 5.56. The van der Waals surface area contributed by atoms with Crippen molar-refractivity contribution in [1.29, 1.82) is 0 Å². The standard InChI is InChI=1S/C17H23N5/c1-13-7-6-10-15(11-13)19-16-12-18-22-17(21-16)20-14-8-4-2-3-5-9-14/h6-7,10-12,14H,2-5,8-9H2,1H3,(H2,19,20,21,22). The molecule has 3 rings (SSSR count). The van der Waals surface area contributed by atoms with Crippen molar-refractivity contribution in [2.24, 2.45) is 0 Å². The van der Waals surface area contributed by atoms with Crippen LogP contribution in [0.3, 0.4) is 0 Å². The summed E-state index contributed by atoms with van der Waals surface area (Å²) in [6.45, 7) is 2.07. The molecule has 1 aromatic heterocycles.